The molecule has 0 fully saturated rings. The lowest BCUT2D eigenvalue weighted by molar-refractivity contribution is 0.414. The van der Waals surface area contributed by atoms with Crippen molar-refractivity contribution in [3.05, 3.63) is 35.5 Å². The summed E-state index contributed by atoms with van der Waals surface area (Å²) in [6, 6.07) is 4.20. The Hall–Kier alpha value is -1.37. The maximum atomic E-state index is 12.0. The zero-order chi connectivity index (χ0) is 21.7. The van der Waals surface area contributed by atoms with Crippen molar-refractivity contribution in [1.82, 2.24) is 14.6 Å². The van der Waals surface area contributed by atoms with Gasteiger partial charge >= 0.3 is 0 Å². The minimum absolute atomic E-state index is 0.157. The van der Waals surface area contributed by atoms with Crippen LogP contribution in [-0.2, 0) is 22.1 Å². The van der Waals surface area contributed by atoms with Gasteiger partial charge in [0, 0.05) is 30.5 Å². The predicted octanol–water partition coefficient (Wildman–Crippen LogP) is 1.32. The highest BCUT2D eigenvalue weighted by molar-refractivity contribution is 7.88. The van der Waals surface area contributed by atoms with Crippen molar-refractivity contribution in [2.75, 3.05) is 27.6 Å². The average molecular weight is 303 g/mol. The Balaban J connectivity index is 2.59. The number of aromatic nitrogens is 1. The monoisotopic (exact) mass is 303 g/mol. The molecule has 2 rings (SSSR count). The number of hydrogen-bond acceptors (Lipinski definition) is 3. The molecule has 5 nitrogen and oxygen atoms in total. The van der Waals surface area contributed by atoms with Crippen molar-refractivity contribution in [2.45, 2.75) is 12.1 Å². The lowest BCUT2D eigenvalue weighted by atomic mass is 10.1. The van der Waals surface area contributed by atoms with Crippen molar-refractivity contribution in [3.8, 4) is 0 Å². The number of aromatic amines is 1. The molecule has 2 aromatic rings. The van der Waals surface area contributed by atoms with Crippen molar-refractivity contribution in [1.29, 1.82) is 0 Å². The van der Waals surface area contributed by atoms with Crippen LogP contribution in [0, 0.1) is 0 Å². The Morgan fingerprint density at radius 3 is 3.15 bits per heavy atom. The second-order valence-electron chi connectivity index (χ2n) is 4.39. The van der Waals surface area contributed by atoms with E-state index in [4.69, 9.17) is 11.0 Å². The highest BCUT2D eigenvalue weighted by Crippen LogP contribution is 2.21. The van der Waals surface area contributed by atoms with Gasteiger partial charge in [0.1, 0.15) is 1.41 Å². The first kappa shape index (κ1) is 7.59. The molecule has 0 amide bonds. The molecule has 1 aromatic carbocycles. The third kappa shape index (κ3) is 3.59. The molecule has 1 aromatic heterocycles. The molecule has 0 aliphatic heterocycles. The van der Waals surface area contributed by atoms with Gasteiger partial charge in [-0.1, -0.05) is 6.07 Å². The molecule has 0 unspecified atom stereocenters. The number of nitrogens with zero attached hydrogens (tertiary/aromatic N) is 1. The summed E-state index contributed by atoms with van der Waals surface area (Å²) in [5, 5.41) is 0.157. The van der Waals surface area contributed by atoms with E-state index in [-0.39, 0.29) is 22.0 Å². The highest BCUT2D eigenvalue weighted by atomic mass is 32.2. The predicted molar refractivity (Wildman–Crippen MR) is 82.2 cm³/mol. The SMILES string of the molecule is [2H]c1c(C([2H])([2H])CN(C)C([2H])([2H])[2H])c2cc(CS(=O)(=O)N([2H])C)ccc2n1[2H]. The Bertz CT molecular complexity index is 985. The summed E-state index contributed by atoms with van der Waals surface area (Å²) in [4.78, 5) is 1.55. The third-order valence-electron chi connectivity index (χ3n) is 2.74. The van der Waals surface area contributed by atoms with Gasteiger partial charge in [0.05, 0.1) is 7.12 Å². The minimum Gasteiger partial charge on any atom is -0.361 e. The fraction of sp³-hybridized carbons (Fsp3) is 0.429. The quantitative estimate of drug-likeness (QED) is 0.846. The Morgan fingerprint density at radius 1 is 1.65 bits per heavy atom. The number of hydrogen-bond donors (Lipinski definition) is 2. The lowest BCUT2D eigenvalue weighted by Gasteiger charge is -2.08. The van der Waals surface area contributed by atoms with E-state index in [1.165, 1.54) is 25.2 Å². The van der Waals surface area contributed by atoms with Gasteiger partial charge in [0.25, 0.3) is 0 Å². The van der Waals surface area contributed by atoms with Crippen LogP contribution in [-0.4, -0.2) is 45.9 Å². The second-order valence-corrected chi connectivity index (χ2v) is 6.21. The summed E-state index contributed by atoms with van der Waals surface area (Å²) in [5.74, 6) is -0.503. The molecular formula is C14H21N3O2S. The fourth-order valence-corrected chi connectivity index (χ4v) is 2.48. The number of H-pyrrole nitrogens is 1. The van der Waals surface area contributed by atoms with Crippen LogP contribution in [0.3, 0.4) is 0 Å². The van der Waals surface area contributed by atoms with Crippen LogP contribution in [0.2, 0.25) is 2.82 Å². The largest absolute Gasteiger partial charge is 0.361 e. The van der Waals surface area contributed by atoms with Crippen LogP contribution in [0.1, 0.15) is 19.4 Å². The minimum atomic E-state index is -3.89. The van der Waals surface area contributed by atoms with E-state index in [2.05, 4.69) is 0 Å². The van der Waals surface area contributed by atoms with Gasteiger partial charge in [0.15, 0.2) is 1.41 Å². The summed E-state index contributed by atoms with van der Waals surface area (Å²) < 4.78 is 86.5. The number of fused-ring (bicyclic) bond motifs is 1. The highest BCUT2D eigenvalue weighted by Gasteiger charge is 2.11. The molecule has 1 heterocycles. The maximum absolute atomic E-state index is 12.0. The Labute approximate surface area is 131 Å². The van der Waals surface area contributed by atoms with Gasteiger partial charge < -0.3 is 9.88 Å². The molecule has 0 bridgehead atoms. The molecular weight excluding hydrogens is 274 g/mol. The van der Waals surface area contributed by atoms with Gasteiger partial charge in [-0.3, -0.25) is 0 Å². The molecule has 0 spiro atoms. The van der Waals surface area contributed by atoms with Crippen LogP contribution >= 0.6 is 0 Å². The van der Waals surface area contributed by atoms with Crippen LogP contribution in [0.15, 0.2) is 24.4 Å². The van der Waals surface area contributed by atoms with Crippen LogP contribution in [0.5, 0.6) is 0 Å². The van der Waals surface area contributed by atoms with E-state index in [0.717, 1.165) is 11.9 Å². The number of nitrogens with one attached hydrogen (secondary N) is 2. The summed E-state index contributed by atoms with van der Waals surface area (Å²) in [6.45, 7) is -3.08. The van der Waals surface area contributed by atoms with Crippen molar-refractivity contribution >= 4 is 20.9 Å². The number of sulfonamides is 1. The molecule has 0 atom stereocenters. The molecule has 2 N–H and O–H groups in total. The van der Waals surface area contributed by atoms with Gasteiger partial charge in [0.2, 0.25) is 10.0 Å². The molecule has 0 saturated carbocycles. The van der Waals surface area contributed by atoms with Crippen LogP contribution in [0.4, 0.5) is 0 Å². The van der Waals surface area contributed by atoms with Gasteiger partial charge in [-0.05, 0) is 50.7 Å². The smallest absolute Gasteiger partial charge is 0.215 e. The van der Waals surface area contributed by atoms with E-state index in [1.807, 2.05) is 0 Å². The summed E-state index contributed by atoms with van der Waals surface area (Å²) in [5.41, 5.74) is 0.270. The van der Waals surface area contributed by atoms with E-state index in [0.29, 0.717) is 9.69 Å². The van der Waals surface area contributed by atoms with Gasteiger partial charge in [-0.25, -0.2) is 13.1 Å². The first-order chi connectivity index (χ1) is 12.6. The third-order valence-corrected chi connectivity index (χ3v) is 3.99. The number of rotatable bonds is 6. The number of likely N-dealkylation sites (N-methyl/N-ethyl adjacent to an activating group) is 1. The molecule has 0 aliphatic rings. The molecule has 6 heteroatoms. The zero-order valence-corrected chi connectivity index (χ0v) is 12.0. The Morgan fingerprint density at radius 2 is 2.45 bits per heavy atom. The van der Waals surface area contributed by atoms with E-state index < -0.39 is 41.8 Å². The first-order valence-corrected chi connectivity index (χ1v) is 7.49. The standard InChI is InChI=1S/C14H21N3O2S/c1-15-20(18,19)10-11-4-5-14-13(8-11)12(9-16-14)6-7-17(2)3/h4-5,8-9,15-16H,6-7,10H2,1-3H3/i2D3,6D2,9D/hD2. The van der Waals surface area contributed by atoms with E-state index in [9.17, 15) is 8.42 Å². The summed E-state index contributed by atoms with van der Waals surface area (Å²) in [6.07, 6.45) is -2.73. The Kier molecular flexibility index (Phi) is 2.26. The normalized spacial score (nSPS) is 19.8. The maximum Gasteiger partial charge on any atom is 0.215 e. The van der Waals surface area contributed by atoms with Crippen LogP contribution in [0.25, 0.3) is 10.9 Å². The van der Waals surface area contributed by atoms with E-state index in [1.54, 1.807) is 0 Å². The van der Waals surface area contributed by atoms with Gasteiger partial charge in [-0.15, -0.1) is 0 Å². The summed E-state index contributed by atoms with van der Waals surface area (Å²) in [7, 11) is -1.58. The molecule has 0 aliphatic carbocycles. The van der Waals surface area contributed by atoms with Crippen molar-refractivity contribution in [3.63, 3.8) is 0 Å². The fourth-order valence-electron chi connectivity index (χ4n) is 1.75. The number of benzene rings is 1. The second kappa shape index (κ2) is 5.95. The molecule has 110 valence electrons. The topological polar surface area (TPSA) is 65.2 Å². The molecule has 0 saturated heterocycles. The van der Waals surface area contributed by atoms with E-state index >= 15 is 0 Å². The molecule has 0 radical (unpaired) electrons. The van der Waals surface area contributed by atoms with Gasteiger partial charge in [-0.2, -0.15) is 0 Å². The first-order valence-electron chi connectivity index (χ1n) is 9.78. The molecule has 20 heavy (non-hydrogen) atoms. The van der Waals surface area contributed by atoms with Crippen LogP contribution < -0.4 is 4.72 Å². The van der Waals surface area contributed by atoms with Crippen molar-refractivity contribution < 1.29 is 19.5 Å². The van der Waals surface area contributed by atoms with Crippen molar-refractivity contribution in [2.24, 2.45) is 0 Å². The zero-order valence-electron chi connectivity index (χ0n) is 19.2. The lowest BCUT2D eigenvalue weighted by Crippen LogP contribution is -2.20. The summed E-state index contributed by atoms with van der Waals surface area (Å²) >= 11 is 0. The average Bonchev–Trinajstić information content (AvgIpc) is 2.77.